The molecule has 0 fully saturated rings. The van der Waals surface area contributed by atoms with Gasteiger partial charge in [0.05, 0.1) is 11.0 Å². The molecule has 1 aliphatic carbocycles. The molecule has 41 heavy (non-hydrogen) atoms. The molecular weight excluding hydrogens is 516 g/mol. The second-order valence-corrected chi connectivity index (χ2v) is 11.6. The quantitative estimate of drug-likeness (QED) is 0.208. The fourth-order valence-electron chi connectivity index (χ4n) is 6.57. The molecule has 0 atom stereocenters. The van der Waals surface area contributed by atoms with E-state index < -0.39 is 0 Å². The Balaban J connectivity index is 1.42. The molecule has 0 spiro atoms. The van der Waals surface area contributed by atoms with E-state index in [1.807, 2.05) is 17.5 Å². The van der Waals surface area contributed by atoms with Crippen LogP contribution >= 0.6 is 11.3 Å². The first kappa shape index (κ1) is 22.7. The normalized spacial score (nSPS) is 11.9. The third-order valence-electron chi connectivity index (χ3n) is 8.37. The highest BCUT2D eigenvalue weighted by molar-refractivity contribution is 7.26. The molecule has 0 N–H and O–H groups in total. The number of nitrogens with zero attached hydrogens (tertiary/aromatic N) is 2. The summed E-state index contributed by atoms with van der Waals surface area (Å²) >= 11 is 1.87. The van der Waals surface area contributed by atoms with Crippen molar-refractivity contribution in [1.29, 1.82) is 0 Å². The zero-order valence-corrected chi connectivity index (χ0v) is 22.8. The zero-order chi connectivity index (χ0) is 26.9. The van der Waals surface area contributed by atoms with Gasteiger partial charge in [-0.1, -0.05) is 103 Å². The lowest BCUT2D eigenvalue weighted by Gasteiger charge is -2.24. The number of benzene rings is 6. The molecule has 190 valence electrons. The maximum atomic E-state index is 4.92. The van der Waals surface area contributed by atoms with Crippen molar-refractivity contribution in [3.63, 3.8) is 0 Å². The summed E-state index contributed by atoms with van der Waals surface area (Å²) in [7, 11) is 0. The molecule has 0 saturated heterocycles. The summed E-state index contributed by atoms with van der Waals surface area (Å²) in [6.45, 7) is 0. The van der Waals surface area contributed by atoms with Gasteiger partial charge in [-0.2, -0.15) is 0 Å². The molecule has 2 heterocycles. The SMILES string of the molecule is c1ccc2c(c1)-c1ccccc1-c1ccc3nccnc3c1-c1cc(-c3cccc4c3sc3ccccc34)ccc1-2. The van der Waals surface area contributed by atoms with E-state index in [4.69, 9.17) is 9.97 Å². The Labute approximate surface area is 241 Å². The Kier molecular flexibility index (Phi) is 4.80. The number of hydrogen-bond acceptors (Lipinski definition) is 3. The smallest absolute Gasteiger partial charge is 0.0971 e. The lowest BCUT2D eigenvalue weighted by atomic mass is 9.79. The van der Waals surface area contributed by atoms with Crippen LogP contribution in [0.1, 0.15) is 0 Å². The van der Waals surface area contributed by atoms with Crippen molar-refractivity contribution < 1.29 is 0 Å². The van der Waals surface area contributed by atoms with Gasteiger partial charge in [-0.15, -0.1) is 11.3 Å². The van der Waals surface area contributed by atoms with Crippen LogP contribution < -0.4 is 0 Å². The van der Waals surface area contributed by atoms with Gasteiger partial charge in [-0.25, -0.2) is 0 Å². The van der Waals surface area contributed by atoms with E-state index in [9.17, 15) is 0 Å². The average molecular weight is 539 g/mol. The second kappa shape index (κ2) is 8.69. The van der Waals surface area contributed by atoms with Gasteiger partial charge in [0.2, 0.25) is 0 Å². The first-order chi connectivity index (χ1) is 20.3. The highest BCUT2D eigenvalue weighted by Gasteiger charge is 2.24. The topological polar surface area (TPSA) is 25.8 Å². The van der Waals surface area contributed by atoms with Crippen LogP contribution in [0.5, 0.6) is 0 Å². The van der Waals surface area contributed by atoms with Crippen LogP contribution in [0.2, 0.25) is 0 Å². The molecule has 0 radical (unpaired) electrons. The zero-order valence-electron chi connectivity index (χ0n) is 22.0. The summed E-state index contributed by atoms with van der Waals surface area (Å²) in [4.78, 5) is 9.62. The maximum absolute atomic E-state index is 4.92. The first-order valence-corrected chi connectivity index (χ1v) is 14.6. The maximum Gasteiger partial charge on any atom is 0.0971 e. The van der Waals surface area contributed by atoms with Gasteiger partial charge in [-0.3, -0.25) is 9.97 Å². The molecule has 3 heteroatoms. The molecule has 2 nitrogen and oxygen atoms in total. The van der Waals surface area contributed by atoms with Crippen LogP contribution in [-0.4, -0.2) is 9.97 Å². The van der Waals surface area contributed by atoms with Crippen LogP contribution in [0, 0.1) is 0 Å². The molecule has 0 aliphatic heterocycles. The summed E-state index contributed by atoms with van der Waals surface area (Å²) in [5, 5.41) is 2.63. The molecule has 0 bridgehead atoms. The van der Waals surface area contributed by atoms with Gasteiger partial charge in [0.1, 0.15) is 0 Å². The van der Waals surface area contributed by atoms with Crippen LogP contribution in [0.3, 0.4) is 0 Å². The molecule has 0 amide bonds. The lowest BCUT2D eigenvalue weighted by Crippen LogP contribution is -1.99. The third kappa shape index (κ3) is 3.30. The number of rotatable bonds is 1. The lowest BCUT2D eigenvalue weighted by molar-refractivity contribution is 1.29. The Morgan fingerprint density at radius 1 is 0.439 bits per heavy atom. The highest BCUT2D eigenvalue weighted by Crippen LogP contribution is 2.50. The van der Waals surface area contributed by atoms with E-state index in [1.165, 1.54) is 70.2 Å². The van der Waals surface area contributed by atoms with E-state index in [0.29, 0.717) is 0 Å². The fraction of sp³-hybridized carbons (Fsp3) is 0. The van der Waals surface area contributed by atoms with Crippen molar-refractivity contribution in [1.82, 2.24) is 9.97 Å². The van der Waals surface area contributed by atoms with E-state index >= 15 is 0 Å². The van der Waals surface area contributed by atoms with Gasteiger partial charge >= 0.3 is 0 Å². The first-order valence-electron chi connectivity index (χ1n) is 13.8. The van der Waals surface area contributed by atoms with E-state index in [0.717, 1.165) is 16.6 Å². The minimum Gasteiger partial charge on any atom is -0.253 e. The van der Waals surface area contributed by atoms with E-state index in [-0.39, 0.29) is 0 Å². The summed E-state index contributed by atoms with van der Waals surface area (Å²) < 4.78 is 2.64. The Hall–Kier alpha value is -5.12. The second-order valence-electron chi connectivity index (χ2n) is 10.5. The predicted molar refractivity (Wildman–Crippen MR) is 173 cm³/mol. The number of fused-ring (bicyclic) bond motifs is 13. The molecule has 8 aromatic rings. The van der Waals surface area contributed by atoms with Crippen molar-refractivity contribution in [2.45, 2.75) is 0 Å². The van der Waals surface area contributed by atoms with Gasteiger partial charge in [0.25, 0.3) is 0 Å². The Bertz CT molecular complexity index is 2330. The predicted octanol–water partition coefficient (Wildman–Crippen LogP) is 10.6. The van der Waals surface area contributed by atoms with E-state index in [1.54, 1.807) is 6.20 Å². The molecule has 0 unspecified atom stereocenters. The van der Waals surface area contributed by atoms with Crippen LogP contribution in [0.15, 0.2) is 134 Å². The van der Waals surface area contributed by atoms with Crippen molar-refractivity contribution in [3.8, 4) is 55.6 Å². The van der Waals surface area contributed by atoms with Gasteiger partial charge in [-0.05, 0) is 68.3 Å². The number of thiophene rings is 1. The van der Waals surface area contributed by atoms with Crippen molar-refractivity contribution in [3.05, 3.63) is 134 Å². The third-order valence-corrected chi connectivity index (χ3v) is 9.59. The van der Waals surface area contributed by atoms with E-state index in [2.05, 4.69) is 121 Å². The average Bonchev–Trinajstić information content (AvgIpc) is 3.42. The Morgan fingerprint density at radius 2 is 1.05 bits per heavy atom. The largest absolute Gasteiger partial charge is 0.253 e. The summed E-state index contributed by atoms with van der Waals surface area (Å²) in [6.07, 6.45) is 3.59. The van der Waals surface area contributed by atoms with Gasteiger partial charge < -0.3 is 0 Å². The fourth-order valence-corrected chi connectivity index (χ4v) is 7.81. The van der Waals surface area contributed by atoms with Gasteiger partial charge in [0, 0.05) is 38.1 Å². The summed E-state index contributed by atoms with van der Waals surface area (Å²) in [6, 6.07) is 44.2. The number of aromatic nitrogens is 2. The standard InChI is InChI=1S/C38H22N2S/c1-2-10-27-25(8-1)26-9-3-4-11-28(26)31-18-19-34-37(40-21-20-39-34)36(31)33-22-23(16-17-29(27)33)24-13-7-14-32-30-12-5-6-15-35(30)41-38(24)32/h1-22H. The van der Waals surface area contributed by atoms with Crippen molar-refractivity contribution >= 4 is 42.5 Å². The molecule has 2 aromatic heterocycles. The van der Waals surface area contributed by atoms with Crippen molar-refractivity contribution in [2.75, 3.05) is 0 Å². The molecule has 9 rings (SSSR count). The molecule has 0 saturated carbocycles. The van der Waals surface area contributed by atoms with Crippen LogP contribution in [0.25, 0.3) is 86.8 Å². The minimum atomic E-state index is 0.903. The number of hydrogen-bond donors (Lipinski definition) is 0. The van der Waals surface area contributed by atoms with Gasteiger partial charge in [0.15, 0.2) is 0 Å². The van der Waals surface area contributed by atoms with Crippen LogP contribution in [0.4, 0.5) is 0 Å². The summed E-state index contributed by atoms with van der Waals surface area (Å²) in [5.74, 6) is 0. The highest BCUT2D eigenvalue weighted by atomic mass is 32.1. The Morgan fingerprint density at radius 3 is 1.85 bits per heavy atom. The molecule has 1 aliphatic rings. The monoisotopic (exact) mass is 538 g/mol. The molecule has 6 aromatic carbocycles. The molecular formula is C38H22N2S. The van der Waals surface area contributed by atoms with Crippen LogP contribution in [-0.2, 0) is 0 Å². The summed E-state index contributed by atoms with van der Waals surface area (Å²) in [5.41, 5.74) is 13.9. The van der Waals surface area contributed by atoms with Crippen molar-refractivity contribution in [2.24, 2.45) is 0 Å². The minimum absolute atomic E-state index is 0.903.